The smallest absolute Gasteiger partial charge is 0.316 e. The Morgan fingerprint density at radius 1 is 1.07 bits per heavy atom. The Morgan fingerprint density at radius 3 is 2.41 bits per heavy atom. The highest BCUT2D eigenvalue weighted by molar-refractivity contribution is 8.00. The van der Waals surface area contributed by atoms with E-state index in [0.29, 0.717) is 16.7 Å². The average molecular weight is 385 g/mol. The summed E-state index contributed by atoms with van der Waals surface area (Å²) in [7, 11) is 3.19. The average Bonchev–Trinajstić information content (AvgIpc) is 3.11. The Kier molecular flexibility index (Phi) is 5.66. The number of carboxylic acids is 1. The molecule has 0 aliphatic rings. The van der Waals surface area contributed by atoms with E-state index in [1.165, 1.54) is 0 Å². The van der Waals surface area contributed by atoms with Crippen molar-refractivity contribution in [2.24, 2.45) is 0 Å². The maximum absolute atomic E-state index is 11.3. The van der Waals surface area contributed by atoms with Gasteiger partial charge in [-0.2, -0.15) is 0 Å². The van der Waals surface area contributed by atoms with Crippen LogP contribution in [0.2, 0.25) is 0 Å². The quantitative estimate of drug-likeness (QED) is 0.623. The minimum Gasteiger partial charge on any atom is -0.497 e. The molecule has 1 atom stereocenters. The van der Waals surface area contributed by atoms with Gasteiger partial charge < -0.3 is 14.6 Å². The first-order chi connectivity index (χ1) is 13.0. The van der Waals surface area contributed by atoms with Crippen LogP contribution < -0.4 is 9.47 Å². The van der Waals surface area contributed by atoms with E-state index in [1.54, 1.807) is 21.1 Å². The van der Waals surface area contributed by atoms with Gasteiger partial charge in [0.1, 0.15) is 16.7 Å². The van der Waals surface area contributed by atoms with Gasteiger partial charge in [-0.3, -0.25) is 9.36 Å². The van der Waals surface area contributed by atoms with E-state index >= 15 is 0 Å². The zero-order valence-corrected chi connectivity index (χ0v) is 15.9. The minimum atomic E-state index is -0.914. The molecule has 1 heterocycles. The van der Waals surface area contributed by atoms with Crippen LogP contribution in [-0.4, -0.2) is 45.3 Å². The normalized spacial score (nSPS) is 11.8. The summed E-state index contributed by atoms with van der Waals surface area (Å²) in [5.41, 5.74) is 1.56. The molecule has 0 fully saturated rings. The number of hydrogen-bond acceptors (Lipinski definition) is 6. The fraction of sp³-hybridized carbons (Fsp3) is 0.211. The number of thioether (sulfide) groups is 1. The second-order valence-electron chi connectivity index (χ2n) is 5.64. The van der Waals surface area contributed by atoms with Crippen molar-refractivity contribution in [3.8, 4) is 28.6 Å². The van der Waals surface area contributed by atoms with Crippen LogP contribution in [0.1, 0.15) is 6.92 Å². The van der Waals surface area contributed by atoms with Crippen LogP contribution in [0.4, 0.5) is 0 Å². The molecule has 0 spiro atoms. The Morgan fingerprint density at radius 2 is 1.78 bits per heavy atom. The Hall–Kier alpha value is -3.00. The first-order valence-corrected chi connectivity index (χ1v) is 9.05. The number of ether oxygens (including phenoxy) is 2. The fourth-order valence-corrected chi connectivity index (χ4v) is 3.32. The predicted molar refractivity (Wildman–Crippen MR) is 103 cm³/mol. The zero-order chi connectivity index (χ0) is 19.4. The number of para-hydroxylation sites is 1. The number of carbonyl (C=O) groups is 1. The number of aliphatic carboxylic acids is 1. The summed E-state index contributed by atoms with van der Waals surface area (Å²) in [6, 6.07) is 14.9. The van der Waals surface area contributed by atoms with E-state index in [2.05, 4.69) is 10.2 Å². The number of nitrogens with zero attached hydrogens (tertiary/aromatic N) is 3. The van der Waals surface area contributed by atoms with Gasteiger partial charge in [0.2, 0.25) is 0 Å². The summed E-state index contributed by atoms with van der Waals surface area (Å²) in [5, 5.41) is 17.6. The Labute approximate surface area is 161 Å². The van der Waals surface area contributed by atoms with Gasteiger partial charge in [0.25, 0.3) is 0 Å². The number of hydrogen-bond donors (Lipinski definition) is 1. The second kappa shape index (κ2) is 8.13. The summed E-state index contributed by atoms with van der Waals surface area (Å²) in [6.07, 6.45) is 0. The third-order valence-corrected chi connectivity index (χ3v) is 4.97. The number of methoxy groups -OCH3 is 2. The lowest BCUT2D eigenvalue weighted by molar-refractivity contribution is -0.136. The highest BCUT2D eigenvalue weighted by Crippen LogP contribution is 2.34. The third kappa shape index (κ3) is 3.90. The van der Waals surface area contributed by atoms with Crippen LogP contribution in [0.3, 0.4) is 0 Å². The van der Waals surface area contributed by atoms with Crippen molar-refractivity contribution in [1.82, 2.24) is 14.8 Å². The SMILES string of the molecule is COc1ccc(-n2c(SC(C)C(=O)O)nnc2-c2ccccc2OC)cc1. The molecule has 0 bridgehead atoms. The molecule has 3 rings (SSSR count). The van der Waals surface area contributed by atoms with Gasteiger partial charge in [0.15, 0.2) is 11.0 Å². The molecule has 27 heavy (non-hydrogen) atoms. The lowest BCUT2D eigenvalue weighted by Crippen LogP contribution is -2.12. The molecule has 0 amide bonds. The maximum atomic E-state index is 11.3. The molecule has 1 N–H and O–H groups in total. The minimum absolute atomic E-state index is 0.482. The monoisotopic (exact) mass is 385 g/mol. The van der Waals surface area contributed by atoms with Crippen molar-refractivity contribution in [2.45, 2.75) is 17.3 Å². The second-order valence-corrected chi connectivity index (χ2v) is 6.95. The molecule has 0 saturated carbocycles. The van der Waals surface area contributed by atoms with Gasteiger partial charge in [0.05, 0.1) is 25.5 Å². The molecule has 1 aromatic heterocycles. The lowest BCUT2D eigenvalue weighted by atomic mass is 10.2. The molecule has 0 aliphatic heterocycles. The van der Waals surface area contributed by atoms with Crippen molar-refractivity contribution in [1.29, 1.82) is 0 Å². The standard InChI is InChI=1S/C19H19N3O4S/c1-12(18(23)24)27-19-21-20-17(15-6-4-5-7-16(15)26-3)22(19)13-8-10-14(25-2)11-9-13/h4-12H,1-3H3,(H,23,24). The number of rotatable bonds is 7. The van der Waals surface area contributed by atoms with Gasteiger partial charge >= 0.3 is 5.97 Å². The van der Waals surface area contributed by atoms with E-state index in [9.17, 15) is 9.90 Å². The Balaban J connectivity index is 2.16. The van der Waals surface area contributed by atoms with Crippen molar-refractivity contribution in [3.63, 3.8) is 0 Å². The van der Waals surface area contributed by atoms with Crippen LogP contribution in [0.5, 0.6) is 11.5 Å². The van der Waals surface area contributed by atoms with Gasteiger partial charge in [-0.1, -0.05) is 23.9 Å². The molecule has 0 aliphatic carbocycles. The molecule has 140 valence electrons. The van der Waals surface area contributed by atoms with E-state index in [0.717, 1.165) is 28.8 Å². The third-order valence-electron chi connectivity index (χ3n) is 3.94. The molecule has 1 unspecified atom stereocenters. The van der Waals surface area contributed by atoms with Gasteiger partial charge in [0, 0.05) is 0 Å². The number of aromatic nitrogens is 3. The van der Waals surface area contributed by atoms with E-state index in [1.807, 2.05) is 53.1 Å². The fourth-order valence-electron chi connectivity index (χ4n) is 2.52. The topological polar surface area (TPSA) is 86.5 Å². The largest absolute Gasteiger partial charge is 0.497 e. The van der Waals surface area contributed by atoms with Crippen LogP contribution in [0.15, 0.2) is 53.7 Å². The molecule has 3 aromatic rings. The summed E-state index contributed by atoms with van der Waals surface area (Å²) >= 11 is 1.13. The highest BCUT2D eigenvalue weighted by atomic mass is 32.2. The van der Waals surface area contributed by atoms with Gasteiger partial charge in [-0.15, -0.1) is 10.2 Å². The maximum Gasteiger partial charge on any atom is 0.316 e. The number of benzene rings is 2. The highest BCUT2D eigenvalue weighted by Gasteiger charge is 2.22. The predicted octanol–water partition coefficient (Wildman–Crippen LogP) is 3.52. The van der Waals surface area contributed by atoms with Crippen LogP contribution in [0.25, 0.3) is 17.1 Å². The van der Waals surface area contributed by atoms with Gasteiger partial charge in [-0.25, -0.2) is 0 Å². The van der Waals surface area contributed by atoms with Crippen molar-refractivity contribution in [3.05, 3.63) is 48.5 Å². The molecule has 0 radical (unpaired) electrons. The van der Waals surface area contributed by atoms with Crippen molar-refractivity contribution < 1.29 is 19.4 Å². The molecule has 0 saturated heterocycles. The molecule has 2 aromatic carbocycles. The van der Waals surface area contributed by atoms with Crippen LogP contribution in [0, 0.1) is 0 Å². The van der Waals surface area contributed by atoms with Crippen LogP contribution in [-0.2, 0) is 4.79 Å². The summed E-state index contributed by atoms with van der Waals surface area (Å²) < 4.78 is 12.5. The van der Waals surface area contributed by atoms with Crippen molar-refractivity contribution >= 4 is 17.7 Å². The molecular weight excluding hydrogens is 366 g/mol. The summed E-state index contributed by atoms with van der Waals surface area (Å²) in [4.78, 5) is 11.3. The molecule has 8 heteroatoms. The number of carboxylic acid groups (broad SMARTS) is 1. The van der Waals surface area contributed by atoms with Crippen LogP contribution >= 0.6 is 11.8 Å². The lowest BCUT2D eigenvalue weighted by Gasteiger charge is -2.13. The Bertz CT molecular complexity index is 940. The van der Waals surface area contributed by atoms with Crippen molar-refractivity contribution in [2.75, 3.05) is 14.2 Å². The van der Waals surface area contributed by atoms with E-state index in [-0.39, 0.29) is 0 Å². The summed E-state index contributed by atoms with van der Waals surface area (Å²) in [6.45, 7) is 1.61. The summed E-state index contributed by atoms with van der Waals surface area (Å²) in [5.74, 6) is 1.03. The molecular formula is C19H19N3O4S. The van der Waals surface area contributed by atoms with Gasteiger partial charge in [-0.05, 0) is 43.3 Å². The van der Waals surface area contributed by atoms with E-state index < -0.39 is 11.2 Å². The van der Waals surface area contributed by atoms with E-state index in [4.69, 9.17) is 9.47 Å². The zero-order valence-electron chi connectivity index (χ0n) is 15.1. The first kappa shape index (κ1) is 18.8. The first-order valence-electron chi connectivity index (χ1n) is 8.18. The molecule has 7 nitrogen and oxygen atoms in total.